The van der Waals surface area contributed by atoms with E-state index >= 15 is 0 Å². The van der Waals surface area contributed by atoms with Crippen molar-refractivity contribution in [1.82, 2.24) is 14.9 Å². The molecule has 0 bridgehead atoms. The van der Waals surface area contributed by atoms with Gasteiger partial charge in [-0.2, -0.15) is 4.98 Å². The third-order valence-corrected chi connectivity index (χ3v) is 3.23. The van der Waals surface area contributed by atoms with E-state index in [4.69, 9.17) is 4.74 Å². The van der Waals surface area contributed by atoms with Crippen LogP contribution in [0.2, 0.25) is 0 Å². The van der Waals surface area contributed by atoms with Crippen LogP contribution in [0.1, 0.15) is 25.3 Å². The van der Waals surface area contributed by atoms with Crippen molar-refractivity contribution >= 4 is 12.2 Å². The van der Waals surface area contributed by atoms with Crippen LogP contribution >= 0.6 is 0 Å². The zero-order valence-corrected chi connectivity index (χ0v) is 13.7. The van der Waals surface area contributed by atoms with E-state index in [1.165, 1.54) is 18.5 Å². The molecule has 0 saturated heterocycles. The van der Waals surface area contributed by atoms with Crippen LogP contribution < -0.4 is 4.74 Å². The third kappa shape index (κ3) is 5.57. The predicted molar refractivity (Wildman–Crippen MR) is 88.4 cm³/mol. The van der Waals surface area contributed by atoms with Gasteiger partial charge in [0.05, 0.1) is 12.5 Å². The highest BCUT2D eigenvalue weighted by Gasteiger charge is 2.07. The van der Waals surface area contributed by atoms with Gasteiger partial charge in [-0.3, -0.25) is 0 Å². The van der Waals surface area contributed by atoms with E-state index in [9.17, 15) is 8.78 Å². The molecule has 0 aliphatic heterocycles. The number of aromatic nitrogens is 2. The van der Waals surface area contributed by atoms with Crippen LogP contribution in [0.5, 0.6) is 6.01 Å². The van der Waals surface area contributed by atoms with Crippen LogP contribution in [-0.2, 0) is 6.61 Å². The van der Waals surface area contributed by atoms with E-state index in [0.717, 1.165) is 31.1 Å². The van der Waals surface area contributed by atoms with Gasteiger partial charge in [0, 0.05) is 13.6 Å². The van der Waals surface area contributed by atoms with E-state index in [0.29, 0.717) is 0 Å². The molecule has 0 radical (unpaired) electrons. The first-order valence-electron chi connectivity index (χ1n) is 7.72. The fourth-order valence-electron chi connectivity index (χ4n) is 1.85. The molecule has 7 heteroatoms. The summed E-state index contributed by atoms with van der Waals surface area (Å²) in [5, 5.41) is 0. The Morgan fingerprint density at radius 1 is 1.25 bits per heavy atom. The smallest absolute Gasteiger partial charge is 0.318 e. The number of benzene rings is 1. The summed E-state index contributed by atoms with van der Waals surface area (Å²) in [5.41, 5.74) is 0.758. The maximum Gasteiger partial charge on any atom is 0.318 e. The van der Waals surface area contributed by atoms with Gasteiger partial charge < -0.3 is 9.64 Å². The van der Waals surface area contributed by atoms with Gasteiger partial charge in [-0.15, -0.1) is 0 Å². The molecule has 1 aromatic heterocycles. The summed E-state index contributed by atoms with van der Waals surface area (Å²) in [6.07, 6.45) is 4.65. The highest BCUT2D eigenvalue weighted by molar-refractivity contribution is 5.59. The number of ether oxygens (including phenoxy) is 1. The van der Waals surface area contributed by atoms with E-state index in [2.05, 4.69) is 21.9 Å². The van der Waals surface area contributed by atoms with Crippen LogP contribution in [0.15, 0.2) is 35.5 Å². The van der Waals surface area contributed by atoms with Crippen LogP contribution in [0.3, 0.4) is 0 Å². The topological polar surface area (TPSA) is 50.6 Å². The van der Waals surface area contributed by atoms with Gasteiger partial charge in [0.25, 0.3) is 0 Å². The lowest BCUT2D eigenvalue weighted by Crippen LogP contribution is -2.17. The Balaban J connectivity index is 1.99. The fourth-order valence-corrected chi connectivity index (χ4v) is 1.85. The quantitative estimate of drug-likeness (QED) is 0.545. The van der Waals surface area contributed by atoms with Gasteiger partial charge in [0.15, 0.2) is 11.6 Å². The minimum atomic E-state index is -0.621. The lowest BCUT2D eigenvalue weighted by Gasteiger charge is -2.11. The van der Waals surface area contributed by atoms with Crippen molar-refractivity contribution in [2.45, 2.75) is 26.4 Å². The Morgan fingerprint density at radius 2 is 2.00 bits per heavy atom. The number of nitrogens with zero attached hydrogens (tertiary/aromatic N) is 4. The van der Waals surface area contributed by atoms with Crippen molar-refractivity contribution in [3.8, 4) is 6.01 Å². The molecular weight excluding hydrogens is 314 g/mol. The molecular formula is C17H20F2N4O. The molecule has 0 amide bonds. The highest BCUT2D eigenvalue weighted by Crippen LogP contribution is 2.17. The number of rotatable bonds is 8. The van der Waals surface area contributed by atoms with Crippen LogP contribution in [0.25, 0.3) is 0 Å². The minimum Gasteiger partial charge on any atom is -0.459 e. The molecule has 24 heavy (non-hydrogen) atoms. The van der Waals surface area contributed by atoms with Crippen LogP contribution in [0.4, 0.5) is 14.6 Å². The number of aliphatic imine (C=N–C) groups is 1. The van der Waals surface area contributed by atoms with Crippen molar-refractivity contribution in [1.29, 1.82) is 0 Å². The van der Waals surface area contributed by atoms with E-state index in [-0.39, 0.29) is 24.3 Å². The highest BCUT2D eigenvalue weighted by atomic mass is 19.1. The van der Waals surface area contributed by atoms with Crippen molar-refractivity contribution in [3.05, 3.63) is 47.7 Å². The maximum absolute atomic E-state index is 13.7. The Kier molecular flexibility index (Phi) is 6.60. The normalized spacial score (nSPS) is 11.0. The third-order valence-electron chi connectivity index (χ3n) is 3.23. The van der Waals surface area contributed by atoms with Gasteiger partial charge >= 0.3 is 6.01 Å². The molecule has 1 heterocycles. The first-order valence-corrected chi connectivity index (χ1v) is 7.72. The molecule has 0 atom stereocenters. The molecule has 5 nitrogen and oxygen atoms in total. The summed E-state index contributed by atoms with van der Waals surface area (Å²) in [5.74, 6) is -1.02. The van der Waals surface area contributed by atoms with Crippen molar-refractivity contribution < 1.29 is 13.5 Å². The second-order valence-corrected chi connectivity index (χ2v) is 5.32. The van der Waals surface area contributed by atoms with Gasteiger partial charge in [0.1, 0.15) is 12.4 Å². The van der Waals surface area contributed by atoms with E-state index < -0.39 is 5.82 Å². The summed E-state index contributed by atoms with van der Waals surface area (Å²) in [4.78, 5) is 13.6. The SMILES string of the molecule is CCCCN(C)/C=N/c1nc(OCc2ccc(F)cc2)ncc1F. The number of hydrogen-bond acceptors (Lipinski definition) is 4. The summed E-state index contributed by atoms with van der Waals surface area (Å²) in [6, 6.07) is 5.89. The van der Waals surface area contributed by atoms with Gasteiger partial charge in [0.2, 0.25) is 0 Å². The lowest BCUT2D eigenvalue weighted by molar-refractivity contribution is 0.279. The first-order chi connectivity index (χ1) is 11.6. The summed E-state index contributed by atoms with van der Waals surface area (Å²) in [7, 11) is 1.87. The summed E-state index contributed by atoms with van der Waals surface area (Å²) in [6.45, 7) is 3.09. The fraction of sp³-hybridized carbons (Fsp3) is 0.353. The summed E-state index contributed by atoms with van der Waals surface area (Å²) >= 11 is 0. The molecule has 0 N–H and O–H groups in total. The Bertz CT molecular complexity index is 677. The molecule has 2 rings (SSSR count). The largest absolute Gasteiger partial charge is 0.459 e. The van der Waals surface area contributed by atoms with Crippen LogP contribution in [-0.4, -0.2) is 34.8 Å². The van der Waals surface area contributed by atoms with Gasteiger partial charge in [-0.05, 0) is 24.1 Å². The first kappa shape index (κ1) is 17.8. The number of hydrogen-bond donors (Lipinski definition) is 0. The molecule has 2 aromatic rings. The van der Waals surface area contributed by atoms with Crippen LogP contribution in [0, 0.1) is 11.6 Å². The van der Waals surface area contributed by atoms with E-state index in [1.807, 2.05) is 11.9 Å². The molecule has 128 valence electrons. The van der Waals surface area contributed by atoms with E-state index in [1.54, 1.807) is 12.1 Å². The molecule has 0 unspecified atom stereocenters. The Labute approximate surface area is 140 Å². The van der Waals surface area contributed by atoms with Crippen molar-refractivity contribution in [2.24, 2.45) is 4.99 Å². The van der Waals surface area contributed by atoms with Gasteiger partial charge in [-0.25, -0.2) is 18.8 Å². The van der Waals surface area contributed by atoms with Crippen molar-refractivity contribution in [2.75, 3.05) is 13.6 Å². The second-order valence-electron chi connectivity index (χ2n) is 5.32. The molecule has 0 aliphatic carbocycles. The lowest BCUT2D eigenvalue weighted by atomic mass is 10.2. The van der Waals surface area contributed by atoms with Crippen molar-refractivity contribution in [3.63, 3.8) is 0 Å². The standard InChI is InChI=1S/C17H20F2N4O/c1-3-4-9-23(2)12-21-16-15(19)10-20-17(22-16)24-11-13-5-7-14(18)8-6-13/h5-8,10,12H,3-4,9,11H2,1-2H3/b21-12+. The summed E-state index contributed by atoms with van der Waals surface area (Å²) < 4.78 is 32.0. The Hall–Kier alpha value is -2.57. The minimum absolute atomic E-state index is 0.0177. The predicted octanol–water partition coefficient (Wildman–Crippen LogP) is 3.73. The maximum atomic E-state index is 13.7. The molecule has 1 aromatic carbocycles. The van der Waals surface area contributed by atoms with Gasteiger partial charge in [-0.1, -0.05) is 25.5 Å². The average Bonchev–Trinajstić information content (AvgIpc) is 2.59. The number of halogens is 2. The molecule has 0 saturated carbocycles. The monoisotopic (exact) mass is 334 g/mol. The molecule has 0 aliphatic rings. The molecule has 0 spiro atoms. The zero-order valence-electron chi connectivity index (χ0n) is 13.7. The number of unbranched alkanes of at least 4 members (excludes halogenated alkanes) is 1. The second kappa shape index (κ2) is 8.90. The Morgan fingerprint density at radius 3 is 2.71 bits per heavy atom. The average molecular weight is 334 g/mol. The molecule has 0 fully saturated rings. The zero-order chi connectivity index (χ0) is 17.4.